The molecule has 1 aromatic carbocycles. The molecule has 2 aromatic rings. The van der Waals surface area contributed by atoms with Gasteiger partial charge in [-0.05, 0) is 57.7 Å². The number of halogens is 1. The highest BCUT2D eigenvalue weighted by Crippen LogP contribution is 2.32. The van der Waals surface area contributed by atoms with Crippen molar-refractivity contribution in [3.63, 3.8) is 0 Å². The Bertz CT molecular complexity index is 1230. The van der Waals surface area contributed by atoms with Gasteiger partial charge >= 0.3 is 0 Å². The lowest BCUT2D eigenvalue weighted by molar-refractivity contribution is -0.120. The van der Waals surface area contributed by atoms with Gasteiger partial charge in [0.25, 0.3) is 5.91 Å². The van der Waals surface area contributed by atoms with Gasteiger partial charge in [-0.3, -0.25) is 9.59 Å². The highest BCUT2D eigenvalue weighted by Gasteiger charge is 2.38. The predicted molar refractivity (Wildman–Crippen MR) is 134 cm³/mol. The zero-order valence-corrected chi connectivity index (χ0v) is 21.8. The Morgan fingerprint density at radius 1 is 1.09 bits per heavy atom. The highest BCUT2D eigenvalue weighted by molar-refractivity contribution is 7.89. The lowest BCUT2D eigenvalue weighted by atomic mass is 9.97. The topological polar surface area (TPSA) is 112 Å². The first-order chi connectivity index (χ1) is 16.6. The molecule has 0 spiro atoms. The van der Waals surface area contributed by atoms with Gasteiger partial charge in [0, 0.05) is 49.2 Å². The number of sulfonamides is 1. The van der Waals surface area contributed by atoms with Crippen molar-refractivity contribution in [2.24, 2.45) is 5.92 Å². The number of aryl methyl sites for hydroxylation is 2. The minimum atomic E-state index is -3.91. The van der Waals surface area contributed by atoms with E-state index in [-0.39, 0.29) is 41.3 Å². The van der Waals surface area contributed by atoms with E-state index in [4.69, 9.17) is 16.3 Å². The molecule has 190 valence electrons. The van der Waals surface area contributed by atoms with Crippen LogP contribution in [0.15, 0.2) is 23.1 Å². The van der Waals surface area contributed by atoms with Crippen LogP contribution >= 0.6 is 11.6 Å². The third-order valence-corrected chi connectivity index (χ3v) is 9.13. The number of anilines is 1. The number of likely N-dealkylation sites (tertiary alicyclic amines) is 1. The van der Waals surface area contributed by atoms with E-state index in [1.54, 1.807) is 36.9 Å². The molecule has 0 atom stereocenters. The highest BCUT2D eigenvalue weighted by atomic mass is 35.5. The van der Waals surface area contributed by atoms with Gasteiger partial charge in [-0.15, -0.1) is 0 Å². The van der Waals surface area contributed by atoms with Crippen molar-refractivity contribution >= 4 is 39.1 Å². The largest absolute Gasteiger partial charge is 0.495 e. The second kappa shape index (κ2) is 10.2. The van der Waals surface area contributed by atoms with Crippen LogP contribution in [0.2, 0.25) is 5.02 Å². The Balaban J connectivity index is 1.46. The molecular weight excluding hydrogens is 492 g/mol. The number of nitrogens with zero attached hydrogens (tertiary/aromatic N) is 2. The molecule has 9 nitrogen and oxygen atoms in total. The normalized spacial score (nSPS) is 17.5. The van der Waals surface area contributed by atoms with Gasteiger partial charge in [0.2, 0.25) is 15.9 Å². The summed E-state index contributed by atoms with van der Waals surface area (Å²) in [4.78, 5) is 30.8. The Morgan fingerprint density at radius 2 is 1.74 bits per heavy atom. The van der Waals surface area contributed by atoms with Crippen LogP contribution in [0.4, 0.5) is 5.69 Å². The molecule has 2 amide bonds. The van der Waals surface area contributed by atoms with E-state index in [2.05, 4.69) is 10.3 Å². The smallest absolute Gasteiger partial charge is 0.257 e. The molecule has 0 unspecified atom stereocenters. The number of carbonyl (C=O) groups excluding carboxylic acids is 2. The van der Waals surface area contributed by atoms with E-state index in [1.165, 1.54) is 11.4 Å². The molecule has 0 saturated carbocycles. The summed E-state index contributed by atoms with van der Waals surface area (Å²) in [5, 5.41) is 3.25. The Labute approximate surface area is 210 Å². The minimum Gasteiger partial charge on any atom is -0.495 e. The predicted octanol–water partition coefficient (Wildman–Crippen LogP) is 3.57. The number of hydrogen-bond donors (Lipinski definition) is 2. The molecule has 2 aliphatic rings. The Hall–Kier alpha value is -2.56. The maximum Gasteiger partial charge on any atom is 0.257 e. The zero-order valence-electron chi connectivity index (χ0n) is 20.2. The van der Waals surface area contributed by atoms with Crippen molar-refractivity contribution in [1.82, 2.24) is 14.2 Å². The summed E-state index contributed by atoms with van der Waals surface area (Å²) in [7, 11) is -2.39. The van der Waals surface area contributed by atoms with Gasteiger partial charge in [0.15, 0.2) is 0 Å². The van der Waals surface area contributed by atoms with Crippen molar-refractivity contribution in [1.29, 1.82) is 0 Å². The molecule has 1 aromatic heterocycles. The number of H-pyrrole nitrogens is 1. The molecule has 4 rings (SSSR count). The monoisotopic (exact) mass is 522 g/mol. The maximum absolute atomic E-state index is 13.6. The minimum absolute atomic E-state index is 0.0580. The molecule has 11 heteroatoms. The van der Waals surface area contributed by atoms with E-state index in [1.807, 2.05) is 0 Å². The summed E-state index contributed by atoms with van der Waals surface area (Å²) in [6.07, 6.45) is 2.61. The average molecular weight is 523 g/mol. The van der Waals surface area contributed by atoms with Crippen LogP contribution in [0.5, 0.6) is 5.75 Å². The number of methoxy groups -OCH3 is 1. The molecule has 2 saturated heterocycles. The summed E-state index contributed by atoms with van der Waals surface area (Å²) in [6.45, 7) is 5.09. The van der Waals surface area contributed by atoms with E-state index in [9.17, 15) is 18.0 Å². The standard InChI is InChI=1S/C24H31ClN4O5S/c1-15-21(24(31)28-10-4-5-11-28)22(16(2)26-15)35(32,33)29-12-8-17(9-13-29)23(30)27-18-6-7-20(34-3)19(25)14-18/h6-7,14,17,26H,4-5,8-13H2,1-3H3,(H,27,30). The number of rotatable bonds is 6. The van der Waals surface area contributed by atoms with Gasteiger partial charge in [-0.25, -0.2) is 8.42 Å². The first kappa shape index (κ1) is 25.5. The van der Waals surface area contributed by atoms with Gasteiger partial charge in [-0.1, -0.05) is 11.6 Å². The molecular formula is C24H31ClN4O5S. The van der Waals surface area contributed by atoms with Gasteiger partial charge in [0.05, 0.1) is 17.7 Å². The fourth-order valence-corrected chi connectivity index (χ4v) is 7.04. The molecule has 3 heterocycles. The van der Waals surface area contributed by atoms with Crippen molar-refractivity contribution in [2.75, 3.05) is 38.6 Å². The van der Waals surface area contributed by atoms with Crippen molar-refractivity contribution < 1.29 is 22.7 Å². The summed E-state index contributed by atoms with van der Waals surface area (Å²) in [5.74, 6) is -0.236. The van der Waals surface area contributed by atoms with Crippen LogP contribution in [0, 0.1) is 19.8 Å². The van der Waals surface area contributed by atoms with E-state index >= 15 is 0 Å². The second-order valence-electron chi connectivity index (χ2n) is 9.10. The molecule has 2 N–H and O–H groups in total. The number of benzene rings is 1. The van der Waals surface area contributed by atoms with Crippen LogP contribution in [-0.4, -0.2) is 67.7 Å². The number of aromatic amines is 1. The van der Waals surface area contributed by atoms with E-state index < -0.39 is 10.0 Å². The van der Waals surface area contributed by atoms with Gasteiger partial charge in [0.1, 0.15) is 10.6 Å². The summed E-state index contributed by atoms with van der Waals surface area (Å²) >= 11 is 6.14. The first-order valence-electron chi connectivity index (χ1n) is 11.8. The quantitative estimate of drug-likeness (QED) is 0.602. The van der Waals surface area contributed by atoms with E-state index in [0.717, 1.165) is 12.8 Å². The van der Waals surface area contributed by atoms with Crippen LogP contribution < -0.4 is 10.1 Å². The maximum atomic E-state index is 13.6. The summed E-state index contributed by atoms with van der Waals surface area (Å²) < 4.78 is 33.8. The fraction of sp³-hybridized carbons (Fsp3) is 0.500. The molecule has 2 fully saturated rings. The van der Waals surface area contributed by atoms with Crippen LogP contribution in [-0.2, 0) is 14.8 Å². The Kier molecular flexibility index (Phi) is 7.44. The third kappa shape index (κ3) is 5.05. The average Bonchev–Trinajstić information content (AvgIpc) is 3.47. The Morgan fingerprint density at radius 3 is 2.34 bits per heavy atom. The van der Waals surface area contributed by atoms with Crippen molar-refractivity contribution in [3.8, 4) is 5.75 Å². The second-order valence-corrected chi connectivity index (χ2v) is 11.4. The number of hydrogen-bond acceptors (Lipinski definition) is 5. The van der Waals surface area contributed by atoms with Gasteiger partial charge < -0.3 is 19.9 Å². The molecule has 0 bridgehead atoms. The lowest BCUT2D eigenvalue weighted by Gasteiger charge is -2.31. The van der Waals surface area contributed by atoms with Crippen LogP contribution in [0.25, 0.3) is 0 Å². The number of carbonyl (C=O) groups is 2. The number of piperidine rings is 1. The van der Waals surface area contributed by atoms with E-state index in [0.29, 0.717) is 53.8 Å². The van der Waals surface area contributed by atoms with Crippen molar-refractivity contribution in [3.05, 3.63) is 40.2 Å². The van der Waals surface area contributed by atoms with Gasteiger partial charge in [-0.2, -0.15) is 4.31 Å². The zero-order chi connectivity index (χ0) is 25.3. The number of ether oxygens (including phenoxy) is 1. The number of nitrogens with one attached hydrogen (secondary N) is 2. The summed E-state index contributed by atoms with van der Waals surface area (Å²) in [5.41, 5.74) is 1.81. The molecule has 0 aliphatic carbocycles. The van der Waals surface area contributed by atoms with Crippen molar-refractivity contribution in [2.45, 2.75) is 44.4 Å². The SMILES string of the molecule is COc1ccc(NC(=O)C2CCN(S(=O)(=O)c3c(C)[nH]c(C)c3C(=O)N3CCCC3)CC2)cc1Cl. The lowest BCUT2D eigenvalue weighted by Crippen LogP contribution is -2.42. The molecule has 2 aliphatic heterocycles. The molecule has 0 radical (unpaired) electrons. The third-order valence-electron chi connectivity index (χ3n) is 6.77. The fourth-order valence-electron chi connectivity index (χ4n) is 4.89. The first-order valence-corrected chi connectivity index (χ1v) is 13.6. The van der Waals surface area contributed by atoms with Crippen LogP contribution in [0.3, 0.4) is 0 Å². The summed E-state index contributed by atoms with van der Waals surface area (Å²) in [6, 6.07) is 5.00. The molecule has 35 heavy (non-hydrogen) atoms. The number of aromatic nitrogens is 1. The van der Waals surface area contributed by atoms with Crippen LogP contribution in [0.1, 0.15) is 47.4 Å². The number of amides is 2.